The summed E-state index contributed by atoms with van der Waals surface area (Å²) in [4.78, 5) is 12.1. The third kappa shape index (κ3) is 5.46. The Morgan fingerprint density at radius 3 is 2.25 bits per heavy atom. The van der Waals surface area contributed by atoms with Crippen molar-refractivity contribution in [3.05, 3.63) is 64.5 Å². The third-order valence-electron chi connectivity index (χ3n) is 3.97. The number of nitrogens with one attached hydrogen (secondary N) is 2. The lowest BCUT2D eigenvalue weighted by Crippen LogP contribution is -2.24. The number of benzene rings is 2. The van der Waals surface area contributed by atoms with Crippen LogP contribution >= 0.6 is 0 Å². The van der Waals surface area contributed by atoms with Crippen LogP contribution in [0.1, 0.15) is 28.7 Å². The number of aryl methyl sites for hydroxylation is 3. The molecule has 0 aliphatic rings. The van der Waals surface area contributed by atoms with Gasteiger partial charge < -0.3 is 10.6 Å². The molecule has 0 bridgehead atoms. The van der Waals surface area contributed by atoms with Gasteiger partial charge in [0.25, 0.3) is 0 Å². The number of carbonyl (C=O) groups is 1. The van der Waals surface area contributed by atoms with Crippen LogP contribution in [0.25, 0.3) is 0 Å². The summed E-state index contributed by atoms with van der Waals surface area (Å²) in [7, 11) is 0. The lowest BCUT2D eigenvalue weighted by atomic mass is 10.1. The minimum atomic E-state index is -0.218. The zero-order valence-corrected chi connectivity index (χ0v) is 14.6. The van der Waals surface area contributed by atoms with Gasteiger partial charge in [-0.15, -0.1) is 0 Å². The number of hydrogen-bond donors (Lipinski definition) is 2. The van der Waals surface area contributed by atoms with E-state index in [0.29, 0.717) is 13.0 Å². The van der Waals surface area contributed by atoms with E-state index in [9.17, 15) is 9.18 Å². The first-order valence-corrected chi connectivity index (χ1v) is 8.28. The maximum Gasteiger partial charge on any atom is 0.225 e. The highest BCUT2D eigenvalue weighted by molar-refractivity contribution is 5.92. The van der Waals surface area contributed by atoms with Gasteiger partial charge in [0.05, 0.1) is 0 Å². The van der Waals surface area contributed by atoms with Crippen molar-refractivity contribution in [1.29, 1.82) is 0 Å². The summed E-state index contributed by atoms with van der Waals surface area (Å²) in [5.41, 5.74) is 5.37. The van der Waals surface area contributed by atoms with Crippen LogP contribution in [0.3, 0.4) is 0 Å². The molecular formula is C20H25FN2O. The lowest BCUT2D eigenvalue weighted by molar-refractivity contribution is -0.116. The Labute approximate surface area is 143 Å². The maximum atomic E-state index is 12.8. The van der Waals surface area contributed by atoms with Gasteiger partial charge in [0.2, 0.25) is 5.91 Å². The Balaban J connectivity index is 1.71. The molecular weight excluding hydrogens is 303 g/mol. The van der Waals surface area contributed by atoms with E-state index in [-0.39, 0.29) is 11.7 Å². The molecule has 0 spiro atoms. The first-order chi connectivity index (χ1) is 11.5. The minimum absolute atomic E-state index is 0.0133. The number of halogens is 1. The summed E-state index contributed by atoms with van der Waals surface area (Å²) in [6.07, 6.45) is 1.24. The van der Waals surface area contributed by atoms with Crippen molar-refractivity contribution in [1.82, 2.24) is 5.32 Å². The van der Waals surface area contributed by atoms with Crippen molar-refractivity contribution in [2.24, 2.45) is 0 Å². The smallest absolute Gasteiger partial charge is 0.225 e. The van der Waals surface area contributed by atoms with Crippen LogP contribution in [0.4, 0.5) is 10.1 Å². The van der Waals surface area contributed by atoms with E-state index >= 15 is 0 Å². The van der Waals surface area contributed by atoms with E-state index in [0.717, 1.165) is 35.3 Å². The van der Waals surface area contributed by atoms with Gasteiger partial charge in [-0.1, -0.05) is 29.8 Å². The second-order valence-corrected chi connectivity index (χ2v) is 6.20. The SMILES string of the molecule is Cc1cc(C)c(NC(=O)CCNCCc2ccc(F)cc2)c(C)c1. The van der Waals surface area contributed by atoms with E-state index in [1.807, 2.05) is 13.8 Å². The minimum Gasteiger partial charge on any atom is -0.326 e. The molecule has 0 heterocycles. The van der Waals surface area contributed by atoms with Crippen LogP contribution in [0, 0.1) is 26.6 Å². The molecule has 1 amide bonds. The average Bonchev–Trinajstić information content (AvgIpc) is 2.52. The zero-order chi connectivity index (χ0) is 17.5. The highest BCUT2D eigenvalue weighted by Crippen LogP contribution is 2.21. The summed E-state index contributed by atoms with van der Waals surface area (Å²) < 4.78 is 12.8. The fraction of sp³-hybridized carbons (Fsp3) is 0.350. The Hall–Kier alpha value is -2.20. The van der Waals surface area contributed by atoms with Crippen LogP contribution in [-0.4, -0.2) is 19.0 Å². The Morgan fingerprint density at radius 1 is 1.00 bits per heavy atom. The fourth-order valence-electron chi connectivity index (χ4n) is 2.79. The molecule has 0 unspecified atom stereocenters. The van der Waals surface area contributed by atoms with Crippen LogP contribution < -0.4 is 10.6 Å². The summed E-state index contributed by atoms with van der Waals surface area (Å²) in [5.74, 6) is -0.204. The molecule has 4 heteroatoms. The monoisotopic (exact) mass is 328 g/mol. The number of anilines is 1. The van der Waals surface area contributed by atoms with Crippen LogP contribution in [0.5, 0.6) is 0 Å². The van der Waals surface area contributed by atoms with Crippen molar-refractivity contribution < 1.29 is 9.18 Å². The molecule has 3 nitrogen and oxygen atoms in total. The molecule has 128 valence electrons. The predicted molar refractivity (Wildman–Crippen MR) is 96.9 cm³/mol. The van der Waals surface area contributed by atoms with Crippen molar-refractivity contribution in [2.75, 3.05) is 18.4 Å². The molecule has 0 radical (unpaired) electrons. The summed E-state index contributed by atoms with van der Waals surface area (Å²) in [5, 5.41) is 6.25. The number of rotatable bonds is 7. The van der Waals surface area contributed by atoms with E-state index in [1.54, 1.807) is 12.1 Å². The molecule has 0 aliphatic carbocycles. The molecule has 0 saturated carbocycles. The summed E-state index contributed by atoms with van der Waals surface area (Å²) >= 11 is 0. The van der Waals surface area contributed by atoms with E-state index < -0.39 is 0 Å². The molecule has 2 rings (SSSR count). The Kier molecular flexibility index (Phi) is 6.50. The summed E-state index contributed by atoms with van der Waals surface area (Å²) in [6, 6.07) is 10.6. The van der Waals surface area contributed by atoms with Gasteiger partial charge in [-0.25, -0.2) is 4.39 Å². The van der Waals surface area contributed by atoms with Crippen LogP contribution in [0.15, 0.2) is 36.4 Å². The van der Waals surface area contributed by atoms with Crippen molar-refractivity contribution in [2.45, 2.75) is 33.6 Å². The normalized spacial score (nSPS) is 10.7. The molecule has 0 aliphatic heterocycles. The fourth-order valence-corrected chi connectivity index (χ4v) is 2.79. The number of amides is 1. The van der Waals surface area contributed by atoms with Gasteiger partial charge in [-0.05, 0) is 62.6 Å². The topological polar surface area (TPSA) is 41.1 Å². The second kappa shape index (κ2) is 8.60. The first kappa shape index (κ1) is 18.1. The Morgan fingerprint density at radius 2 is 1.62 bits per heavy atom. The van der Waals surface area contributed by atoms with Crippen molar-refractivity contribution in [3.63, 3.8) is 0 Å². The number of carbonyl (C=O) groups excluding carboxylic acids is 1. The summed E-state index contributed by atoms with van der Waals surface area (Å²) in [6.45, 7) is 7.46. The molecule has 2 N–H and O–H groups in total. The molecule has 2 aromatic carbocycles. The quantitative estimate of drug-likeness (QED) is 0.757. The largest absolute Gasteiger partial charge is 0.326 e. The molecule has 0 aromatic heterocycles. The molecule has 2 aromatic rings. The standard InChI is InChI=1S/C20H25FN2O/c1-14-12-15(2)20(16(3)13-14)23-19(24)9-11-22-10-8-17-4-6-18(21)7-5-17/h4-7,12-13,22H,8-11H2,1-3H3,(H,23,24). The van der Waals surface area contributed by atoms with Crippen LogP contribution in [0.2, 0.25) is 0 Å². The maximum absolute atomic E-state index is 12.8. The predicted octanol–water partition coefficient (Wildman–Crippen LogP) is 3.91. The first-order valence-electron chi connectivity index (χ1n) is 8.28. The molecule has 24 heavy (non-hydrogen) atoms. The number of hydrogen-bond acceptors (Lipinski definition) is 2. The van der Waals surface area contributed by atoms with Gasteiger partial charge in [0, 0.05) is 18.7 Å². The van der Waals surface area contributed by atoms with Gasteiger partial charge in [-0.2, -0.15) is 0 Å². The van der Waals surface area contributed by atoms with Gasteiger partial charge in [0.1, 0.15) is 5.82 Å². The Bertz CT molecular complexity index is 672. The molecule has 0 fully saturated rings. The highest BCUT2D eigenvalue weighted by atomic mass is 19.1. The average molecular weight is 328 g/mol. The van der Waals surface area contributed by atoms with Gasteiger partial charge in [0.15, 0.2) is 0 Å². The van der Waals surface area contributed by atoms with Gasteiger partial charge >= 0.3 is 0 Å². The third-order valence-corrected chi connectivity index (χ3v) is 3.97. The van der Waals surface area contributed by atoms with Crippen molar-refractivity contribution in [3.8, 4) is 0 Å². The van der Waals surface area contributed by atoms with E-state index in [2.05, 4.69) is 29.7 Å². The second-order valence-electron chi connectivity index (χ2n) is 6.20. The lowest BCUT2D eigenvalue weighted by Gasteiger charge is -2.13. The van der Waals surface area contributed by atoms with Crippen LogP contribution in [-0.2, 0) is 11.2 Å². The molecule has 0 saturated heterocycles. The van der Waals surface area contributed by atoms with Gasteiger partial charge in [-0.3, -0.25) is 4.79 Å². The van der Waals surface area contributed by atoms with E-state index in [4.69, 9.17) is 0 Å². The highest BCUT2D eigenvalue weighted by Gasteiger charge is 2.08. The molecule has 0 atom stereocenters. The zero-order valence-electron chi connectivity index (χ0n) is 14.6. The van der Waals surface area contributed by atoms with E-state index in [1.165, 1.54) is 17.7 Å². The van der Waals surface area contributed by atoms with Crippen molar-refractivity contribution >= 4 is 11.6 Å².